The van der Waals surface area contributed by atoms with Gasteiger partial charge >= 0.3 is 0 Å². The zero-order valence-corrected chi connectivity index (χ0v) is 65.9. The van der Waals surface area contributed by atoms with Crippen molar-refractivity contribution in [3.8, 4) is 22.3 Å². The van der Waals surface area contributed by atoms with E-state index in [1.165, 1.54) is 135 Å². The third-order valence-corrected chi connectivity index (χ3v) is 28.4. The summed E-state index contributed by atoms with van der Waals surface area (Å²) in [4.78, 5) is 0. The standard InChI is InChI=1S/2C44H32P2.C5H14P2.2CH4.4Ar/c2*1-5-19-35(20-6-1)45(36-21-7-2-8-22-36)41-31-29-33-17-13-15-27-39(33)43(41)44-40-28-16-14-18-34(40)30-32-42(44)46(37-23-9-3-10-24-37)38-25-11-4-12-26-38;1-4(6)3-5(2)7;;;;;;/h2*1-32H;4-5H,3,6-7H2,1-2H3;2*1H4;;;;/t;;4-,5-;;;;;;/m..0....../s1. The molecule has 0 spiro atoms. The van der Waals surface area contributed by atoms with Crippen molar-refractivity contribution >= 4 is 157 Å². The van der Waals surface area contributed by atoms with Crippen molar-refractivity contribution < 1.29 is 151 Å². The van der Waals surface area contributed by atoms with Crippen LogP contribution in [0, 0.1) is 151 Å². The molecule has 0 saturated carbocycles. The first-order chi connectivity index (χ1) is 48.9. The molecule has 4 atom stereocenters. The van der Waals surface area contributed by atoms with Crippen LogP contribution in [-0.4, -0.2) is 11.3 Å². The Bertz CT molecular complexity index is 4500. The molecule has 0 N–H and O–H groups in total. The summed E-state index contributed by atoms with van der Waals surface area (Å²) in [6.07, 6.45) is 1.29. The number of benzene rings is 16. The van der Waals surface area contributed by atoms with Crippen LogP contribution in [0.2, 0.25) is 0 Å². The molecular weight excluding hydrogens is 1490 g/mol. The molecule has 2 unspecified atom stereocenters. The average Bonchev–Trinajstić information content (AvgIpc) is 0.738. The quantitative estimate of drug-likeness (QED) is 0.0846. The van der Waals surface area contributed by atoms with E-state index >= 15 is 0 Å². The van der Waals surface area contributed by atoms with Crippen molar-refractivity contribution in [3.05, 3.63) is 388 Å². The molecule has 0 aliphatic rings. The Balaban J connectivity index is 0.000000231. The smallest absolute Gasteiger partial charge is 0 e. The molecule has 0 radical (unpaired) electrons. The van der Waals surface area contributed by atoms with Crippen molar-refractivity contribution in [1.82, 2.24) is 0 Å². The summed E-state index contributed by atoms with van der Waals surface area (Å²) in [5, 5.41) is 26.7. The molecule has 0 saturated heterocycles. The summed E-state index contributed by atoms with van der Waals surface area (Å²) < 4.78 is 0. The maximum absolute atomic E-state index is 2.79. The van der Waals surface area contributed by atoms with E-state index in [1.54, 1.807) is 0 Å². The molecule has 16 aromatic carbocycles. The van der Waals surface area contributed by atoms with Gasteiger partial charge in [0.25, 0.3) is 0 Å². The summed E-state index contributed by atoms with van der Waals surface area (Å²) in [7, 11) is 2.17. The molecule has 0 aliphatic carbocycles. The molecular formula is C95H86Ar4P6. The first-order valence-electron chi connectivity index (χ1n) is 34.1. The third kappa shape index (κ3) is 20.7. The predicted molar refractivity (Wildman–Crippen MR) is 465 cm³/mol. The average molecular weight is 1570 g/mol. The zero-order valence-electron chi connectivity index (χ0n) is 57.2. The maximum Gasteiger partial charge on any atom is 0 e. The molecule has 16 rings (SSSR count). The van der Waals surface area contributed by atoms with Crippen LogP contribution in [0.5, 0.6) is 0 Å². The van der Waals surface area contributed by atoms with E-state index in [-0.39, 0.29) is 166 Å². The summed E-state index contributed by atoms with van der Waals surface area (Å²) in [6.45, 7) is 4.43. The van der Waals surface area contributed by atoms with Gasteiger partial charge in [0.1, 0.15) is 0 Å². The van der Waals surface area contributed by atoms with Crippen LogP contribution in [0.25, 0.3) is 65.3 Å². The van der Waals surface area contributed by atoms with Crippen LogP contribution < -0.4 is 63.7 Å². The van der Waals surface area contributed by atoms with Gasteiger partial charge in [-0.05, 0) is 178 Å². The Morgan fingerprint density at radius 2 is 0.343 bits per heavy atom. The molecule has 0 fully saturated rings. The predicted octanol–water partition coefficient (Wildman–Crippen LogP) is 21.5. The van der Waals surface area contributed by atoms with E-state index in [1.807, 2.05) is 0 Å². The van der Waals surface area contributed by atoms with Gasteiger partial charge in [-0.1, -0.05) is 417 Å². The fourth-order valence-electron chi connectivity index (χ4n) is 13.7. The van der Waals surface area contributed by atoms with Crippen LogP contribution in [0.15, 0.2) is 388 Å². The molecule has 0 aromatic heterocycles. The van der Waals surface area contributed by atoms with Crippen molar-refractivity contribution in [2.45, 2.75) is 46.4 Å². The second kappa shape index (κ2) is 43.1. The van der Waals surface area contributed by atoms with Gasteiger partial charge < -0.3 is 0 Å². The van der Waals surface area contributed by atoms with E-state index < -0.39 is 31.7 Å². The Morgan fingerprint density at radius 3 is 0.486 bits per heavy atom. The molecule has 0 bridgehead atoms. The second-order valence-electron chi connectivity index (χ2n) is 24.9. The maximum atomic E-state index is 2.79. The Hall–Kier alpha value is -3.82. The van der Waals surface area contributed by atoms with Gasteiger partial charge in [-0.3, -0.25) is 0 Å². The fourth-order valence-corrected chi connectivity index (χ4v) is 24.8. The SMILES string of the molecule is C.C.C[C@H](P)C[C@H](C)P.[Ar].[Ar].[Ar].[Ar].c1ccc(P(c2ccccc2)c2ccc3ccccc3c2-c2c(P(c3ccccc3)c3ccccc3)ccc3ccccc23)cc1.c1ccc(P(c2ccccc2)c2ccc3ccccc3c2-c2c(P(c3ccccc3)c3ccccc3)ccc3ccccc23)cc1. The van der Waals surface area contributed by atoms with Crippen LogP contribution in [0.1, 0.15) is 35.1 Å². The summed E-state index contributed by atoms with van der Waals surface area (Å²) >= 11 is 0. The van der Waals surface area contributed by atoms with Gasteiger partial charge in [0, 0.05) is 151 Å². The molecule has 0 nitrogen and oxygen atoms in total. The molecule has 0 heterocycles. The topological polar surface area (TPSA) is 0 Å². The minimum absolute atomic E-state index is 0. The van der Waals surface area contributed by atoms with Gasteiger partial charge in [0.15, 0.2) is 0 Å². The zero-order chi connectivity index (χ0) is 67.3. The molecule has 16 aromatic rings. The molecule has 105 heavy (non-hydrogen) atoms. The molecule has 0 aliphatic heterocycles. The molecule has 10 heteroatoms. The van der Waals surface area contributed by atoms with Crippen molar-refractivity contribution in [1.29, 1.82) is 0 Å². The number of hydrogen-bond donors (Lipinski definition) is 0. The first kappa shape index (κ1) is 86.8. The van der Waals surface area contributed by atoms with Crippen LogP contribution in [-0.2, 0) is 0 Å². The Labute approximate surface area is 753 Å². The number of rotatable bonds is 16. The van der Waals surface area contributed by atoms with E-state index in [2.05, 4.69) is 421 Å². The van der Waals surface area contributed by atoms with Gasteiger partial charge in [-0.2, -0.15) is 0 Å². The van der Waals surface area contributed by atoms with Crippen molar-refractivity contribution in [2.75, 3.05) is 0 Å². The van der Waals surface area contributed by atoms with Gasteiger partial charge in [-0.15, -0.1) is 18.5 Å². The third-order valence-electron chi connectivity index (χ3n) is 18.0. The molecule has 0 amide bonds. The minimum atomic E-state index is -0.852. The van der Waals surface area contributed by atoms with E-state index in [0.29, 0.717) is 0 Å². The van der Waals surface area contributed by atoms with Gasteiger partial charge in [-0.25, -0.2) is 0 Å². The van der Waals surface area contributed by atoms with Crippen molar-refractivity contribution in [3.63, 3.8) is 0 Å². The van der Waals surface area contributed by atoms with Gasteiger partial charge in [0.05, 0.1) is 0 Å². The summed E-state index contributed by atoms with van der Waals surface area (Å²) in [6, 6.07) is 144. The van der Waals surface area contributed by atoms with Crippen LogP contribution >= 0.6 is 50.2 Å². The van der Waals surface area contributed by atoms with E-state index in [4.69, 9.17) is 0 Å². The summed E-state index contributed by atoms with van der Waals surface area (Å²) in [5.74, 6) is 0. The molecule has 528 valence electrons. The number of hydrogen-bond acceptors (Lipinski definition) is 0. The number of fused-ring (bicyclic) bond motifs is 4. The fraction of sp³-hybridized carbons (Fsp3) is 0.0737. The Morgan fingerprint density at radius 1 is 0.200 bits per heavy atom. The van der Waals surface area contributed by atoms with Crippen molar-refractivity contribution in [2.24, 2.45) is 0 Å². The van der Waals surface area contributed by atoms with E-state index in [0.717, 1.165) is 11.3 Å². The monoisotopic (exact) mass is 1570 g/mol. The summed E-state index contributed by atoms with van der Waals surface area (Å²) in [5.41, 5.74) is 6.94. The second-order valence-corrected chi connectivity index (χ2v) is 36.0. The normalized spacial score (nSPS) is 11.3. The van der Waals surface area contributed by atoms with Crippen LogP contribution in [0.4, 0.5) is 0 Å². The van der Waals surface area contributed by atoms with Gasteiger partial charge in [0.2, 0.25) is 0 Å². The first-order valence-corrected chi connectivity index (χ1v) is 40.8. The minimum Gasteiger partial charge on any atom is -0.135 e. The largest absolute Gasteiger partial charge is 0.135 e. The Kier molecular flexibility index (Phi) is 35.6. The van der Waals surface area contributed by atoms with Crippen LogP contribution in [0.3, 0.4) is 0 Å². The van der Waals surface area contributed by atoms with E-state index in [9.17, 15) is 0 Å².